The molecule has 0 aliphatic rings. The number of nitrogens with one attached hydrogen (secondary N) is 1. The van der Waals surface area contributed by atoms with Gasteiger partial charge in [-0.15, -0.1) is 0 Å². The average molecular weight is 200 g/mol. The molecule has 1 N–H and O–H groups in total. The fourth-order valence-electron chi connectivity index (χ4n) is 1.72. The second-order valence-electron chi connectivity index (χ2n) is 2.97. The van der Waals surface area contributed by atoms with Crippen molar-refractivity contribution in [2.24, 2.45) is 0 Å². The Morgan fingerprint density at radius 1 is 0.867 bits per heavy atom. The first-order valence-electron chi connectivity index (χ1n) is 4.71. The maximum absolute atomic E-state index is 3.80. The van der Waals surface area contributed by atoms with Crippen LogP contribution in [-0.2, 0) is 0 Å². The number of hydrogen-bond donors (Lipinski definition) is 1. The molecule has 0 unspecified atom stereocenters. The molecule has 1 aromatic heterocycles. The summed E-state index contributed by atoms with van der Waals surface area (Å²) in [4.78, 5) is 0. The summed E-state index contributed by atoms with van der Waals surface area (Å²) in [6.45, 7) is 15.2. The molecule has 0 aromatic carbocycles. The lowest BCUT2D eigenvalue weighted by Gasteiger charge is -2.07. The quantitative estimate of drug-likeness (QED) is 0.772. The Hall–Kier alpha value is -1.96. The topological polar surface area (TPSA) is 17.0 Å². The minimum atomic E-state index is 0.970. The standard InChI is InChI=1S/C13H16N2/c1-6-10-11(7-2)13(9-4)15(14-5)12(10)8-3/h6-9,14H,1-4H2,5H3. The zero-order chi connectivity index (χ0) is 11.4. The number of aromatic nitrogens is 1. The summed E-state index contributed by atoms with van der Waals surface area (Å²) >= 11 is 0. The van der Waals surface area contributed by atoms with Gasteiger partial charge in [-0.1, -0.05) is 38.5 Å². The molecule has 0 aliphatic heterocycles. The van der Waals surface area contributed by atoms with E-state index in [0.717, 1.165) is 22.5 Å². The van der Waals surface area contributed by atoms with Crippen LogP contribution in [0.15, 0.2) is 26.3 Å². The first-order chi connectivity index (χ1) is 7.24. The van der Waals surface area contributed by atoms with Gasteiger partial charge in [-0.05, 0) is 12.2 Å². The van der Waals surface area contributed by atoms with Gasteiger partial charge in [0.1, 0.15) is 0 Å². The molecule has 1 aromatic rings. The van der Waals surface area contributed by atoms with Crippen molar-refractivity contribution in [3.05, 3.63) is 48.8 Å². The Morgan fingerprint density at radius 3 is 1.47 bits per heavy atom. The normalized spacial score (nSPS) is 9.40. The SMILES string of the molecule is C=Cc1c(C=C)c(C=C)n(NC)c1C=C. The maximum atomic E-state index is 3.80. The van der Waals surface area contributed by atoms with Gasteiger partial charge in [0.2, 0.25) is 0 Å². The Labute approximate surface area is 90.9 Å². The highest BCUT2D eigenvalue weighted by Crippen LogP contribution is 2.26. The van der Waals surface area contributed by atoms with Gasteiger partial charge in [0.15, 0.2) is 0 Å². The van der Waals surface area contributed by atoms with Crippen molar-refractivity contribution in [2.45, 2.75) is 0 Å². The highest BCUT2D eigenvalue weighted by atomic mass is 15.4. The molecule has 0 aliphatic carbocycles. The number of nitrogens with zero attached hydrogens (tertiary/aromatic N) is 1. The van der Waals surface area contributed by atoms with Crippen LogP contribution in [0.25, 0.3) is 24.3 Å². The first kappa shape index (κ1) is 11.1. The van der Waals surface area contributed by atoms with Crippen LogP contribution in [0.5, 0.6) is 0 Å². The Kier molecular flexibility index (Phi) is 3.34. The van der Waals surface area contributed by atoms with E-state index in [-0.39, 0.29) is 0 Å². The van der Waals surface area contributed by atoms with E-state index in [0.29, 0.717) is 0 Å². The summed E-state index contributed by atoms with van der Waals surface area (Å²) < 4.78 is 1.91. The summed E-state index contributed by atoms with van der Waals surface area (Å²) in [6, 6.07) is 0. The van der Waals surface area contributed by atoms with Gasteiger partial charge in [-0.2, -0.15) is 0 Å². The molecule has 0 amide bonds. The fraction of sp³-hybridized carbons (Fsp3) is 0.0769. The number of rotatable bonds is 5. The second kappa shape index (κ2) is 4.51. The van der Waals surface area contributed by atoms with E-state index in [4.69, 9.17) is 0 Å². The molecule has 0 radical (unpaired) electrons. The molecule has 1 rings (SSSR count). The van der Waals surface area contributed by atoms with Gasteiger partial charge in [-0.3, -0.25) is 4.68 Å². The van der Waals surface area contributed by atoms with E-state index in [1.54, 1.807) is 24.3 Å². The van der Waals surface area contributed by atoms with E-state index in [2.05, 4.69) is 31.7 Å². The number of hydrogen-bond acceptors (Lipinski definition) is 1. The van der Waals surface area contributed by atoms with Gasteiger partial charge < -0.3 is 5.43 Å². The molecular weight excluding hydrogens is 184 g/mol. The smallest absolute Gasteiger partial charge is 0.0699 e. The summed E-state index contributed by atoms with van der Waals surface area (Å²) in [6.07, 6.45) is 7.17. The van der Waals surface area contributed by atoms with Crippen molar-refractivity contribution in [2.75, 3.05) is 12.5 Å². The van der Waals surface area contributed by atoms with Crippen LogP contribution in [0.1, 0.15) is 22.5 Å². The molecule has 2 heteroatoms. The van der Waals surface area contributed by atoms with Crippen LogP contribution >= 0.6 is 0 Å². The van der Waals surface area contributed by atoms with Crippen LogP contribution < -0.4 is 5.43 Å². The zero-order valence-electron chi connectivity index (χ0n) is 9.09. The average Bonchev–Trinajstić information content (AvgIpc) is 2.59. The predicted molar refractivity (Wildman–Crippen MR) is 70.1 cm³/mol. The molecule has 2 nitrogen and oxygen atoms in total. The predicted octanol–water partition coefficient (Wildman–Crippen LogP) is 3.23. The van der Waals surface area contributed by atoms with Crippen molar-refractivity contribution in [3.8, 4) is 0 Å². The lowest BCUT2D eigenvalue weighted by atomic mass is 10.1. The van der Waals surface area contributed by atoms with Crippen molar-refractivity contribution in [1.29, 1.82) is 0 Å². The highest BCUT2D eigenvalue weighted by molar-refractivity contribution is 5.78. The van der Waals surface area contributed by atoms with Gasteiger partial charge >= 0.3 is 0 Å². The van der Waals surface area contributed by atoms with E-state index < -0.39 is 0 Å². The minimum Gasteiger partial charge on any atom is -0.328 e. The van der Waals surface area contributed by atoms with Crippen LogP contribution in [0, 0.1) is 0 Å². The summed E-state index contributed by atoms with van der Waals surface area (Å²) in [7, 11) is 1.85. The molecule has 0 bridgehead atoms. The Bertz CT molecular complexity index is 385. The maximum Gasteiger partial charge on any atom is 0.0699 e. The first-order valence-corrected chi connectivity index (χ1v) is 4.71. The van der Waals surface area contributed by atoms with Crippen molar-refractivity contribution in [1.82, 2.24) is 4.68 Å². The molecule has 0 spiro atoms. The minimum absolute atomic E-state index is 0.970. The lowest BCUT2D eigenvalue weighted by molar-refractivity contribution is 0.912. The molecular formula is C13H16N2. The Morgan fingerprint density at radius 2 is 1.27 bits per heavy atom. The van der Waals surface area contributed by atoms with Gasteiger partial charge in [0.25, 0.3) is 0 Å². The van der Waals surface area contributed by atoms with Crippen LogP contribution in [0.4, 0.5) is 0 Å². The highest BCUT2D eigenvalue weighted by Gasteiger charge is 2.14. The molecule has 15 heavy (non-hydrogen) atoms. The van der Waals surface area contributed by atoms with Crippen LogP contribution in [0.3, 0.4) is 0 Å². The third-order valence-corrected chi connectivity index (χ3v) is 2.34. The van der Waals surface area contributed by atoms with Gasteiger partial charge in [0, 0.05) is 18.2 Å². The van der Waals surface area contributed by atoms with Crippen LogP contribution in [-0.4, -0.2) is 11.7 Å². The third-order valence-electron chi connectivity index (χ3n) is 2.34. The Balaban J connectivity index is 3.70. The summed E-state index contributed by atoms with van der Waals surface area (Å²) in [5.41, 5.74) is 7.05. The van der Waals surface area contributed by atoms with E-state index in [1.165, 1.54) is 0 Å². The van der Waals surface area contributed by atoms with Crippen LogP contribution in [0.2, 0.25) is 0 Å². The molecule has 0 saturated heterocycles. The molecule has 78 valence electrons. The third kappa shape index (κ3) is 1.54. The van der Waals surface area contributed by atoms with Gasteiger partial charge in [-0.25, -0.2) is 0 Å². The molecule has 0 atom stereocenters. The molecule has 0 saturated carbocycles. The summed E-state index contributed by atoms with van der Waals surface area (Å²) in [5.74, 6) is 0. The molecule has 1 heterocycles. The summed E-state index contributed by atoms with van der Waals surface area (Å²) in [5, 5.41) is 0. The van der Waals surface area contributed by atoms with E-state index in [1.807, 2.05) is 11.7 Å². The molecule has 0 fully saturated rings. The lowest BCUT2D eigenvalue weighted by Crippen LogP contribution is -2.12. The van der Waals surface area contributed by atoms with E-state index >= 15 is 0 Å². The van der Waals surface area contributed by atoms with E-state index in [9.17, 15) is 0 Å². The second-order valence-corrected chi connectivity index (χ2v) is 2.97. The van der Waals surface area contributed by atoms with Gasteiger partial charge in [0.05, 0.1) is 11.4 Å². The van der Waals surface area contributed by atoms with Crippen molar-refractivity contribution >= 4 is 24.3 Å². The zero-order valence-corrected chi connectivity index (χ0v) is 9.09. The largest absolute Gasteiger partial charge is 0.328 e. The van der Waals surface area contributed by atoms with Crippen molar-refractivity contribution in [3.63, 3.8) is 0 Å². The monoisotopic (exact) mass is 200 g/mol. The van der Waals surface area contributed by atoms with Crippen molar-refractivity contribution < 1.29 is 0 Å². The fourth-order valence-corrected chi connectivity index (χ4v) is 1.72.